The zero-order valence-electron chi connectivity index (χ0n) is 11.0. The molecule has 2 aromatic heterocycles. The highest BCUT2D eigenvalue weighted by Crippen LogP contribution is 2.26. The van der Waals surface area contributed by atoms with E-state index in [0.29, 0.717) is 16.4 Å². The number of H-pyrrole nitrogens is 1. The maximum Gasteiger partial charge on any atom is 0.263 e. The molecule has 2 N–H and O–H groups in total. The van der Waals surface area contributed by atoms with Crippen LogP contribution in [0, 0.1) is 0 Å². The lowest BCUT2D eigenvalue weighted by Crippen LogP contribution is -2.13. The number of imidazole rings is 1. The van der Waals surface area contributed by atoms with Crippen LogP contribution in [0.4, 0.5) is 0 Å². The SMILES string of the molecule is Cn1ccnc1-c1nc(O)c(-c2ccc(Cl)cc2)c(=O)[nH]1. The van der Waals surface area contributed by atoms with Gasteiger partial charge in [-0.05, 0) is 17.7 Å². The summed E-state index contributed by atoms with van der Waals surface area (Å²) in [6.07, 6.45) is 3.30. The summed E-state index contributed by atoms with van der Waals surface area (Å²) in [4.78, 5) is 23.0. The molecule has 7 heteroatoms. The van der Waals surface area contributed by atoms with E-state index in [0.717, 1.165) is 0 Å². The van der Waals surface area contributed by atoms with Crippen molar-refractivity contribution in [1.82, 2.24) is 19.5 Å². The van der Waals surface area contributed by atoms with Crippen LogP contribution in [0.1, 0.15) is 0 Å². The molecule has 6 nitrogen and oxygen atoms in total. The number of hydrogen-bond acceptors (Lipinski definition) is 4. The molecule has 0 radical (unpaired) electrons. The van der Waals surface area contributed by atoms with Gasteiger partial charge in [-0.3, -0.25) is 4.79 Å². The van der Waals surface area contributed by atoms with E-state index in [2.05, 4.69) is 15.0 Å². The van der Waals surface area contributed by atoms with Gasteiger partial charge >= 0.3 is 0 Å². The molecule has 0 fully saturated rings. The molecule has 0 aliphatic rings. The highest BCUT2D eigenvalue weighted by molar-refractivity contribution is 6.30. The largest absolute Gasteiger partial charge is 0.493 e. The lowest BCUT2D eigenvalue weighted by molar-refractivity contribution is 0.454. The van der Waals surface area contributed by atoms with Crippen molar-refractivity contribution in [2.75, 3.05) is 0 Å². The molecule has 21 heavy (non-hydrogen) atoms. The fourth-order valence-corrected chi connectivity index (χ4v) is 2.16. The molecule has 0 saturated carbocycles. The second-order valence-corrected chi connectivity index (χ2v) is 4.92. The van der Waals surface area contributed by atoms with E-state index in [1.54, 1.807) is 48.3 Å². The number of nitrogens with zero attached hydrogens (tertiary/aromatic N) is 3. The molecule has 106 valence electrons. The van der Waals surface area contributed by atoms with E-state index >= 15 is 0 Å². The summed E-state index contributed by atoms with van der Waals surface area (Å²) < 4.78 is 1.69. The minimum Gasteiger partial charge on any atom is -0.493 e. The highest BCUT2D eigenvalue weighted by atomic mass is 35.5. The molecule has 0 atom stereocenters. The second-order valence-electron chi connectivity index (χ2n) is 4.48. The van der Waals surface area contributed by atoms with Crippen LogP contribution in [0.15, 0.2) is 41.5 Å². The zero-order chi connectivity index (χ0) is 15.0. The molecule has 0 spiro atoms. The Morgan fingerprint density at radius 1 is 1.29 bits per heavy atom. The Morgan fingerprint density at radius 2 is 2.00 bits per heavy atom. The van der Waals surface area contributed by atoms with Gasteiger partial charge in [-0.1, -0.05) is 23.7 Å². The molecule has 2 heterocycles. The summed E-state index contributed by atoms with van der Waals surface area (Å²) in [5, 5.41) is 10.6. The van der Waals surface area contributed by atoms with Gasteiger partial charge in [0.05, 0.1) is 0 Å². The molecule has 1 aromatic carbocycles. The monoisotopic (exact) mass is 302 g/mol. The van der Waals surface area contributed by atoms with E-state index in [-0.39, 0.29) is 17.3 Å². The Balaban J connectivity index is 2.15. The number of hydrogen-bond donors (Lipinski definition) is 2. The summed E-state index contributed by atoms with van der Waals surface area (Å²) in [6.45, 7) is 0. The number of rotatable bonds is 2. The van der Waals surface area contributed by atoms with Crippen LogP contribution in [-0.2, 0) is 7.05 Å². The quantitative estimate of drug-likeness (QED) is 0.760. The number of aryl methyl sites for hydroxylation is 1. The number of aromatic amines is 1. The fraction of sp³-hybridized carbons (Fsp3) is 0.0714. The van der Waals surface area contributed by atoms with Crippen molar-refractivity contribution in [2.45, 2.75) is 0 Å². The number of aromatic hydroxyl groups is 1. The van der Waals surface area contributed by atoms with Crippen molar-refractivity contribution in [3.05, 3.63) is 52.0 Å². The van der Waals surface area contributed by atoms with Gasteiger partial charge < -0.3 is 14.7 Å². The second kappa shape index (κ2) is 5.06. The molecular weight excluding hydrogens is 292 g/mol. The first-order chi connectivity index (χ1) is 10.1. The molecule has 0 amide bonds. The van der Waals surface area contributed by atoms with Crippen LogP contribution >= 0.6 is 11.6 Å². The number of aromatic nitrogens is 4. The van der Waals surface area contributed by atoms with Gasteiger partial charge in [0.1, 0.15) is 5.56 Å². The smallest absolute Gasteiger partial charge is 0.263 e. The number of nitrogens with one attached hydrogen (secondary N) is 1. The van der Waals surface area contributed by atoms with Gasteiger partial charge in [-0.25, -0.2) is 4.98 Å². The van der Waals surface area contributed by atoms with Crippen LogP contribution in [0.3, 0.4) is 0 Å². The normalized spacial score (nSPS) is 10.8. The van der Waals surface area contributed by atoms with E-state index in [9.17, 15) is 9.90 Å². The Bertz CT molecular complexity index is 852. The molecule has 0 unspecified atom stereocenters. The van der Waals surface area contributed by atoms with E-state index in [1.165, 1.54) is 0 Å². The summed E-state index contributed by atoms with van der Waals surface area (Å²) in [5.41, 5.74) is 0.199. The maximum atomic E-state index is 12.2. The van der Waals surface area contributed by atoms with Crippen molar-refractivity contribution >= 4 is 11.6 Å². The highest BCUT2D eigenvalue weighted by Gasteiger charge is 2.15. The molecule has 3 rings (SSSR count). The third kappa shape index (κ3) is 2.41. The van der Waals surface area contributed by atoms with Crippen LogP contribution in [0.2, 0.25) is 5.02 Å². The van der Waals surface area contributed by atoms with Crippen LogP contribution in [0.25, 0.3) is 22.8 Å². The first-order valence-corrected chi connectivity index (χ1v) is 6.51. The van der Waals surface area contributed by atoms with Gasteiger partial charge in [0, 0.05) is 24.5 Å². The molecule has 0 saturated heterocycles. The number of benzene rings is 1. The summed E-state index contributed by atoms with van der Waals surface area (Å²) in [6, 6.07) is 6.58. The van der Waals surface area contributed by atoms with Gasteiger partial charge in [0.25, 0.3) is 5.56 Å². The van der Waals surface area contributed by atoms with Crippen molar-refractivity contribution in [3.8, 4) is 28.7 Å². The van der Waals surface area contributed by atoms with Gasteiger partial charge in [-0.2, -0.15) is 4.98 Å². The zero-order valence-corrected chi connectivity index (χ0v) is 11.8. The summed E-state index contributed by atoms with van der Waals surface area (Å²) in [7, 11) is 1.77. The predicted octanol–water partition coefficient (Wildman–Crippen LogP) is 2.20. The third-order valence-corrected chi connectivity index (χ3v) is 3.32. The number of halogens is 1. The van der Waals surface area contributed by atoms with Crippen molar-refractivity contribution in [2.24, 2.45) is 7.05 Å². The summed E-state index contributed by atoms with van der Waals surface area (Å²) in [5.74, 6) is 0.326. The van der Waals surface area contributed by atoms with Crippen LogP contribution < -0.4 is 5.56 Å². The molecule has 0 aliphatic heterocycles. The van der Waals surface area contributed by atoms with Crippen LogP contribution in [0.5, 0.6) is 5.88 Å². The predicted molar refractivity (Wildman–Crippen MR) is 79.2 cm³/mol. The molecule has 0 aliphatic carbocycles. The Labute approximate surface area is 124 Å². The minimum atomic E-state index is -0.442. The van der Waals surface area contributed by atoms with Crippen molar-refractivity contribution < 1.29 is 5.11 Å². The molecule has 0 bridgehead atoms. The van der Waals surface area contributed by atoms with Gasteiger partial charge in [0.15, 0.2) is 11.6 Å². The average Bonchev–Trinajstić information content (AvgIpc) is 2.86. The van der Waals surface area contributed by atoms with E-state index < -0.39 is 5.56 Å². The summed E-state index contributed by atoms with van der Waals surface area (Å²) >= 11 is 5.81. The lowest BCUT2D eigenvalue weighted by atomic mass is 10.1. The Morgan fingerprint density at radius 3 is 2.57 bits per heavy atom. The fourth-order valence-electron chi connectivity index (χ4n) is 2.04. The van der Waals surface area contributed by atoms with Gasteiger partial charge in [-0.15, -0.1) is 0 Å². The minimum absolute atomic E-state index is 0.102. The Hall–Kier alpha value is -2.60. The Kier molecular flexibility index (Phi) is 3.23. The topological polar surface area (TPSA) is 83.8 Å². The van der Waals surface area contributed by atoms with E-state index in [1.807, 2.05) is 0 Å². The van der Waals surface area contributed by atoms with Crippen molar-refractivity contribution in [1.29, 1.82) is 0 Å². The molecule has 3 aromatic rings. The van der Waals surface area contributed by atoms with E-state index in [4.69, 9.17) is 11.6 Å². The standard InChI is InChI=1S/C14H11ClN4O2/c1-19-7-6-16-12(19)11-17-13(20)10(14(21)18-11)8-2-4-9(15)5-3-8/h2-7H,1H3,(H2,17,18,20,21). The lowest BCUT2D eigenvalue weighted by Gasteiger charge is -2.06. The van der Waals surface area contributed by atoms with Crippen molar-refractivity contribution in [3.63, 3.8) is 0 Å². The first-order valence-electron chi connectivity index (χ1n) is 6.13. The third-order valence-electron chi connectivity index (χ3n) is 3.07. The molecular formula is C14H11ClN4O2. The average molecular weight is 303 g/mol. The van der Waals surface area contributed by atoms with Gasteiger partial charge in [0.2, 0.25) is 5.88 Å². The maximum absolute atomic E-state index is 12.2. The first kappa shape index (κ1) is 13.4. The van der Waals surface area contributed by atoms with Crippen LogP contribution in [-0.4, -0.2) is 24.6 Å².